The lowest BCUT2D eigenvalue weighted by Gasteiger charge is -2.30. The summed E-state index contributed by atoms with van der Waals surface area (Å²) >= 11 is 0. The molecule has 22 heavy (non-hydrogen) atoms. The maximum absolute atomic E-state index is 5.57. The summed E-state index contributed by atoms with van der Waals surface area (Å²) in [5, 5.41) is 6.74. The summed E-state index contributed by atoms with van der Waals surface area (Å²) < 4.78 is 5.57. The Labute approximate surface area is 136 Å². The van der Waals surface area contributed by atoms with Gasteiger partial charge in [0, 0.05) is 46.4 Å². The predicted molar refractivity (Wildman–Crippen MR) is 94.5 cm³/mol. The molecule has 0 aromatic heterocycles. The highest BCUT2D eigenvalue weighted by atomic mass is 16.5. The fourth-order valence-electron chi connectivity index (χ4n) is 2.74. The maximum Gasteiger partial charge on any atom is 0.191 e. The van der Waals surface area contributed by atoms with Gasteiger partial charge >= 0.3 is 0 Å². The van der Waals surface area contributed by atoms with Crippen molar-refractivity contribution in [2.75, 3.05) is 53.0 Å². The summed E-state index contributed by atoms with van der Waals surface area (Å²) in [7, 11) is 1.83. The van der Waals surface area contributed by atoms with Crippen molar-refractivity contribution < 1.29 is 4.74 Å². The van der Waals surface area contributed by atoms with E-state index < -0.39 is 0 Å². The Hall–Kier alpha value is -0.810. The number of ether oxygens (including phenoxy) is 1. The van der Waals surface area contributed by atoms with Crippen LogP contribution in [0.3, 0.4) is 0 Å². The number of guanidine groups is 1. The van der Waals surface area contributed by atoms with Gasteiger partial charge in [0.15, 0.2) is 5.96 Å². The highest BCUT2D eigenvalue weighted by Gasteiger charge is 2.15. The normalized spacial score (nSPS) is 20.4. The van der Waals surface area contributed by atoms with Crippen LogP contribution in [-0.4, -0.2) is 63.8 Å². The largest absolute Gasteiger partial charge is 0.381 e. The summed E-state index contributed by atoms with van der Waals surface area (Å²) in [6.07, 6.45) is 3.73. The lowest BCUT2D eigenvalue weighted by atomic mass is 10.0. The number of hydrogen-bond acceptors (Lipinski definition) is 3. The number of likely N-dealkylation sites (tertiary alicyclic amines) is 1. The quantitative estimate of drug-likeness (QED) is 0.388. The number of hydrogen-bond donors (Lipinski definition) is 2. The lowest BCUT2D eigenvalue weighted by molar-refractivity contribution is 0.108. The van der Waals surface area contributed by atoms with Crippen molar-refractivity contribution in [2.45, 2.75) is 40.0 Å². The van der Waals surface area contributed by atoms with E-state index in [0.29, 0.717) is 5.92 Å². The van der Waals surface area contributed by atoms with Gasteiger partial charge in [0.1, 0.15) is 0 Å². The van der Waals surface area contributed by atoms with E-state index in [0.717, 1.165) is 51.1 Å². The molecule has 0 bridgehead atoms. The Morgan fingerprint density at radius 2 is 2.09 bits per heavy atom. The van der Waals surface area contributed by atoms with Crippen LogP contribution in [0.2, 0.25) is 0 Å². The van der Waals surface area contributed by atoms with Crippen molar-refractivity contribution in [3.63, 3.8) is 0 Å². The van der Waals surface area contributed by atoms with E-state index in [2.05, 4.69) is 41.3 Å². The Morgan fingerprint density at radius 1 is 1.32 bits per heavy atom. The minimum Gasteiger partial charge on any atom is -0.381 e. The average molecular weight is 313 g/mol. The van der Waals surface area contributed by atoms with Gasteiger partial charge in [0.25, 0.3) is 0 Å². The predicted octanol–water partition coefficient (Wildman–Crippen LogP) is 1.95. The molecule has 5 heteroatoms. The second kappa shape index (κ2) is 11.7. The second-order valence-electron chi connectivity index (χ2n) is 6.80. The van der Waals surface area contributed by atoms with Gasteiger partial charge in [-0.15, -0.1) is 0 Å². The third kappa shape index (κ3) is 9.26. The van der Waals surface area contributed by atoms with E-state index in [1.165, 1.54) is 25.9 Å². The molecule has 2 N–H and O–H groups in total. The number of rotatable bonds is 9. The zero-order valence-electron chi connectivity index (χ0n) is 15.0. The Bertz CT molecular complexity index is 307. The van der Waals surface area contributed by atoms with Gasteiger partial charge in [0.2, 0.25) is 0 Å². The first-order chi connectivity index (χ1) is 10.6. The van der Waals surface area contributed by atoms with E-state index >= 15 is 0 Å². The maximum atomic E-state index is 5.57. The topological polar surface area (TPSA) is 48.9 Å². The van der Waals surface area contributed by atoms with Gasteiger partial charge in [-0.3, -0.25) is 4.99 Å². The fraction of sp³-hybridized carbons (Fsp3) is 0.941. The van der Waals surface area contributed by atoms with Crippen LogP contribution < -0.4 is 10.6 Å². The molecular weight excluding hydrogens is 276 g/mol. The van der Waals surface area contributed by atoms with E-state index in [1.54, 1.807) is 0 Å². The molecule has 1 fully saturated rings. The molecule has 0 spiro atoms. The zero-order chi connectivity index (χ0) is 16.2. The molecule has 1 aliphatic rings. The molecule has 1 unspecified atom stereocenters. The highest BCUT2D eigenvalue weighted by molar-refractivity contribution is 5.79. The molecule has 0 aromatic carbocycles. The highest BCUT2D eigenvalue weighted by Crippen LogP contribution is 2.14. The fourth-order valence-corrected chi connectivity index (χ4v) is 2.74. The van der Waals surface area contributed by atoms with Gasteiger partial charge < -0.3 is 20.3 Å². The summed E-state index contributed by atoms with van der Waals surface area (Å²) in [6, 6.07) is 0. The molecule has 1 aliphatic heterocycles. The van der Waals surface area contributed by atoms with Crippen molar-refractivity contribution in [1.29, 1.82) is 0 Å². The third-order valence-electron chi connectivity index (χ3n) is 3.89. The molecule has 1 saturated heterocycles. The summed E-state index contributed by atoms with van der Waals surface area (Å²) in [4.78, 5) is 6.82. The number of nitrogens with one attached hydrogen (secondary N) is 2. The molecule has 1 heterocycles. The minimum atomic E-state index is 0.611. The van der Waals surface area contributed by atoms with Gasteiger partial charge in [0.05, 0.1) is 0 Å². The first-order valence-corrected chi connectivity index (χ1v) is 8.86. The summed E-state index contributed by atoms with van der Waals surface area (Å²) in [6.45, 7) is 13.8. The van der Waals surface area contributed by atoms with Crippen molar-refractivity contribution in [2.24, 2.45) is 16.8 Å². The van der Waals surface area contributed by atoms with Crippen LogP contribution in [0.5, 0.6) is 0 Å². The van der Waals surface area contributed by atoms with E-state index in [4.69, 9.17) is 4.74 Å². The van der Waals surface area contributed by atoms with E-state index in [9.17, 15) is 0 Å². The first-order valence-electron chi connectivity index (χ1n) is 8.86. The molecule has 0 radical (unpaired) electrons. The lowest BCUT2D eigenvalue weighted by Crippen LogP contribution is -2.44. The van der Waals surface area contributed by atoms with Crippen LogP contribution in [0.1, 0.15) is 40.0 Å². The van der Waals surface area contributed by atoms with Crippen molar-refractivity contribution in [3.8, 4) is 0 Å². The molecule has 0 aromatic rings. The van der Waals surface area contributed by atoms with Crippen LogP contribution in [0, 0.1) is 11.8 Å². The van der Waals surface area contributed by atoms with Crippen molar-refractivity contribution >= 4 is 5.96 Å². The molecule has 0 saturated carbocycles. The summed E-state index contributed by atoms with van der Waals surface area (Å²) in [5.74, 6) is 2.35. The number of piperidine rings is 1. The molecular formula is C17H36N4O. The third-order valence-corrected chi connectivity index (χ3v) is 3.89. The van der Waals surface area contributed by atoms with Gasteiger partial charge in [-0.25, -0.2) is 0 Å². The molecule has 0 aliphatic carbocycles. The smallest absolute Gasteiger partial charge is 0.191 e. The molecule has 5 nitrogen and oxygen atoms in total. The Morgan fingerprint density at radius 3 is 2.77 bits per heavy atom. The monoisotopic (exact) mass is 312 g/mol. The zero-order valence-corrected chi connectivity index (χ0v) is 15.0. The number of nitrogens with zero attached hydrogens (tertiary/aromatic N) is 2. The average Bonchev–Trinajstić information content (AvgIpc) is 2.48. The standard InChI is InChI=1S/C17H36N4O/c1-15(2)14-22-12-6-8-19-17(18-4)20-9-11-21-10-5-7-16(3)13-21/h15-16H,5-14H2,1-4H3,(H2,18,19,20). The van der Waals surface area contributed by atoms with Crippen LogP contribution in [0.4, 0.5) is 0 Å². The van der Waals surface area contributed by atoms with Gasteiger partial charge in [-0.1, -0.05) is 20.8 Å². The van der Waals surface area contributed by atoms with Crippen LogP contribution in [0.15, 0.2) is 4.99 Å². The second-order valence-corrected chi connectivity index (χ2v) is 6.80. The van der Waals surface area contributed by atoms with Crippen molar-refractivity contribution in [1.82, 2.24) is 15.5 Å². The SMILES string of the molecule is CN=C(NCCCOCC(C)C)NCCN1CCCC(C)C1. The molecule has 130 valence electrons. The molecule has 1 rings (SSSR count). The summed E-state index contributed by atoms with van der Waals surface area (Å²) in [5.41, 5.74) is 0. The minimum absolute atomic E-state index is 0.611. The Balaban J connectivity index is 2.02. The van der Waals surface area contributed by atoms with Gasteiger partial charge in [-0.2, -0.15) is 0 Å². The van der Waals surface area contributed by atoms with Crippen molar-refractivity contribution in [3.05, 3.63) is 0 Å². The van der Waals surface area contributed by atoms with Crippen LogP contribution >= 0.6 is 0 Å². The van der Waals surface area contributed by atoms with Crippen LogP contribution in [0.25, 0.3) is 0 Å². The number of aliphatic imine (C=N–C) groups is 1. The Kier molecular flexibility index (Phi) is 10.2. The molecule has 0 amide bonds. The van der Waals surface area contributed by atoms with Gasteiger partial charge in [-0.05, 0) is 37.6 Å². The van der Waals surface area contributed by atoms with E-state index in [1.807, 2.05) is 7.05 Å². The van der Waals surface area contributed by atoms with Crippen LogP contribution in [-0.2, 0) is 4.74 Å². The molecule has 1 atom stereocenters. The van der Waals surface area contributed by atoms with E-state index in [-0.39, 0.29) is 0 Å². The first kappa shape index (κ1) is 19.2.